The first-order valence-corrected chi connectivity index (χ1v) is 2.20. The van der Waals surface area contributed by atoms with Gasteiger partial charge in [0.25, 0.3) is 0 Å². The minimum Gasteiger partial charge on any atom is -0.351 e. The molecule has 0 unspecified atom stereocenters. The van der Waals surface area contributed by atoms with Gasteiger partial charge >= 0.3 is 0 Å². The lowest BCUT2D eigenvalue weighted by atomic mass is 10.9. The van der Waals surface area contributed by atoms with E-state index in [0.717, 1.165) is 0 Å². The van der Waals surface area contributed by atoms with Gasteiger partial charge in [0.15, 0.2) is 0 Å². The summed E-state index contributed by atoms with van der Waals surface area (Å²) < 4.78 is 4.80. The van der Waals surface area contributed by atoms with Crippen LogP contribution >= 0.6 is 0 Å². The molecule has 0 amide bonds. The standard InChI is InChI=1S/C4H12N2O/c1-6(2)4-7-3-5/h3-5H2,1-2H3. The molecule has 2 N–H and O–H groups in total. The van der Waals surface area contributed by atoms with Gasteiger partial charge in [-0.2, -0.15) is 0 Å². The fourth-order valence-corrected chi connectivity index (χ4v) is 0.235. The molecule has 0 aliphatic heterocycles. The molecule has 0 aromatic heterocycles. The molecular weight excluding hydrogens is 92.1 g/mol. The van der Waals surface area contributed by atoms with Gasteiger partial charge in [0.05, 0.1) is 6.73 Å². The van der Waals surface area contributed by atoms with Crippen LogP contribution in [0.5, 0.6) is 0 Å². The first kappa shape index (κ1) is 6.88. The molecule has 0 rings (SSSR count). The SMILES string of the molecule is CN(C)COCN. The molecule has 0 atom stereocenters. The van der Waals surface area contributed by atoms with Crippen LogP contribution in [0.2, 0.25) is 0 Å². The van der Waals surface area contributed by atoms with Crippen LogP contribution in [0.25, 0.3) is 0 Å². The zero-order valence-electron chi connectivity index (χ0n) is 4.85. The summed E-state index contributed by atoms with van der Waals surface area (Å²) in [6.45, 7) is 0.911. The van der Waals surface area contributed by atoms with Gasteiger partial charge < -0.3 is 10.5 Å². The highest BCUT2D eigenvalue weighted by Crippen LogP contribution is 1.71. The van der Waals surface area contributed by atoms with Crippen LogP contribution in [0.3, 0.4) is 0 Å². The molecule has 0 saturated heterocycles. The first-order chi connectivity index (χ1) is 3.27. The van der Waals surface area contributed by atoms with E-state index in [1.807, 2.05) is 19.0 Å². The lowest BCUT2D eigenvalue weighted by Gasteiger charge is -2.06. The highest BCUT2D eigenvalue weighted by molar-refractivity contribution is 4.22. The van der Waals surface area contributed by atoms with Gasteiger partial charge in [0.2, 0.25) is 0 Å². The van der Waals surface area contributed by atoms with Crippen LogP contribution in [0.1, 0.15) is 0 Å². The van der Waals surface area contributed by atoms with Crippen LogP contribution in [0.15, 0.2) is 0 Å². The Morgan fingerprint density at radius 3 is 2.29 bits per heavy atom. The number of rotatable bonds is 3. The van der Waals surface area contributed by atoms with Crippen molar-refractivity contribution in [2.75, 3.05) is 27.6 Å². The molecule has 0 fully saturated rings. The van der Waals surface area contributed by atoms with Crippen molar-refractivity contribution in [2.24, 2.45) is 5.73 Å². The molecule has 7 heavy (non-hydrogen) atoms. The summed E-state index contributed by atoms with van der Waals surface area (Å²) in [5, 5.41) is 0. The van der Waals surface area contributed by atoms with Crippen molar-refractivity contribution in [3.8, 4) is 0 Å². The maximum absolute atomic E-state index is 5.03. The van der Waals surface area contributed by atoms with Crippen molar-refractivity contribution in [3.05, 3.63) is 0 Å². The average molecular weight is 104 g/mol. The second-order valence-electron chi connectivity index (χ2n) is 1.58. The van der Waals surface area contributed by atoms with Crippen LogP contribution in [0.4, 0.5) is 0 Å². The Hall–Kier alpha value is -0.120. The number of nitrogens with two attached hydrogens (primary N) is 1. The molecule has 0 bridgehead atoms. The topological polar surface area (TPSA) is 38.5 Å². The smallest absolute Gasteiger partial charge is 0.100 e. The van der Waals surface area contributed by atoms with Crippen LogP contribution < -0.4 is 5.73 Å². The van der Waals surface area contributed by atoms with Crippen molar-refractivity contribution in [2.45, 2.75) is 0 Å². The zero-order chi connectivity index (χ0) is 5.70. The van der Waals surface area contributed by atoms with Crippen LogP contribution in [-0.4, -0.2) is 32.5 Å². The molecule has 0 aliphatic carbocycles. The average Bonchev–Trinajstić information content (AvgIpc) is 1.61. The van der Waals surface area contributed by atoms with Crippen LogP contribution in [-0.2, 0) is 4.74 Å². The third-order valence-electron chi connectivity index (χ3n) is 0.467. The van der Waals surface area contributed by atoms with Gasteiger partial charge in [-0.05, 0) is 14.1 Å². The van der Waals surface area contributed by atoms with E-state index >= 15 is 0 Å². The van der Waals surface area contributed by atoms with E-state index in [1.165, 1.54) is 0 Å². The van der Waals surface area contributed by atoms with Crippen molar-refractivity contribution >= 4 is 0 Å². The molecule has 0 aromatic carbocycles. The van der Waals surface area contributed by atoms with Gasteiger partial charge in [0.1, 0.15) is 6.73 Å². The second-order valence-corrected chi connectivity index (χ2v) is 1.58. The maximum Gasteiger partial charge on any atom is 0.100 e. The maximum atomic E-state index is 5.03. The van der Waals surface area contributed by atoms with Crippen LogP contribution in [0, 0.1) is 0 Å². The fourth-order valence-electron chi connectivity index (χ4n) is 0.235. The third kappa shape index (κ3) is 5.88. The zero-order valence-corrected chi connectivity index (χ0v) is 4.85. The molecule has 44 valence electrons. The van der Waals surface area contributed by atoms with E-state index in [4.69, 9.17) is 10.5 Å². The predicted molar refractivity (Wildman–Crippen MR) is 28.7 cm³/mol. The molecule has 0 spiro atoms. The summed E-state index contributed by atoms with van der Waals surface area (Å²) in [6, 6.07) is 0. The largest absolute Gasteiger partial charge is 0.351 e. The molecular formula is C4H12N2O. The van der Waals surface area contributed by atoms with Crippen molar-refractivity contribution < 1.29 is 4.74 Å². The Labute approximate surface area is 44.0 Å². The summed E-state index contributed by atoms with van der Waals surface area (Å²) >= 11 is 0. The normalized spacial score (nSPS) is 10.3. The molecule has 0 heterocycles. The predicted octanol–water partition coefficient (Wildman–Crippen LogP) is -0.562. The number of ether oxygens (including phenoxy) is 1. The lowest BCUT2D eigenvalue weighted by Crippen LogP contribution is -2.18. The summed E-state index contributed by atoms with van der Waals surface area (Å²) in [7, 11) is 3.85. The Bertz CT molecular complexity index is 38.7. The molecule has 0 aliphatic rings. The summed E-state index contributed by atoms with van der Waals surface area (Å²) in [5.41, 5.74) is 5.03. The highest BCUT2D eigenvalue weighted by Gasteiger charge is 1.82. The monoisotopic (exact) mass is 104 g/mol. The van der Waals surface area contributed by atoms with Gasteiger partial charge in [-0.1, -0.05) is 0 Å². The van der Waals surface area contributed by atoms with E-state index in [0.29, 0.717) is 13.5 Å². The summed E-state index contributed by atoms with van der Waals surface area (Å²) in [6.07, 6.45) is 0. The molecule has 0 radical (unpaired) electrons. The van der Waals surface area contributed by atoms with Crippen molar-refractivity contribution in [3.63, 3.8) is 0 Å². The Morgan fingerprint density at radius 2 is 2.14 bits per heavy atom. The molecule has 0 saturated carbocycles. The first-order valence-electron chi connectivity index (χ1n) is 2.20. The second kappa shape index (κ2) is 4.05. The van der Waals surface area contributed by atoms with E-state index < -0.39 is 0 Å². The minimum absolute atomic E-state index is 0.304. The third-order valence-corrected chi connectivity index (χ3v) is 0.467. The van der Waals surface area contributed by atoms with E-state index in [2.05, 4.69) is 0 Å². The van der Waals surface area contributed by atoms with Crippen molar-refractivity contribution in [1.29, 1.82) is 0 Å². The Morgan fingerprint density at radius 1 is 1.57 bits per heavy atom. The molecule has 3 nitrogen and oxygen atoms in total. The Kier molecular flexibility index (Phi) is 3.98. The van der Waals surface area contributed by atoms with Gasteiger partial charge in [-0.3, -0.25) is 4.90 Å². The minimum atomic E-state index is 0.304. The fraction of sp³-hybridized carbons (Fsp3) is 1.00. The number of hydrogen-bond donors (Lipinski definition) is 1. The van der Waals surface area contributed by atoms with Gasteiger partial charge in [0, 0.05) is 0 Å². The lowest BCUT2D eigenvalue weighted by molar-refractivity contribution is 0.0606. The molecule has 3 heteroatoms. The number of nitrogens with zero attached hydrogens (tertiary/aromatic N) is 1. The quantitative estimate of drug-likeness (QED) is 0.488. The van der Waals surface area contributed by atoms with Gasteiger partial charge in [-0.15, -0.1) is 0 Å². The summed E-state index contributed by atoms with van der Waals surface area (Å²) in [5.74, 6) is 0. The van der Waals surface area contributed by atoms with E-state index in [1.54, 1.807) is 0 Å². The Balaban J connectivity index is 2.68. The summed E-state index contributed by atoms with van der Waals surface area (Å²) in [4.78, 5) is 1.91. The van der Waals surface area contributed by atoms with E-state index in [9.17, 15) is 0 Å². The van der Waals surface area contributed by atoms with Gasteiger partial charge in [-0.25, -0.2) is 0 Å². The highest BCUT2D eigenvalue weighted by atomic mass is 16.5. The van der Waals surface area contributed by atoms with Crippen molar-refractivity contribution in [1.82, 2.24) is 4.90 Å². The number of hydrogen-bond acceptors (Lipinski definition) is 3. The van der Waals surface area contributed by atoms with E-state index in [-0.39, 0.29) is 0 Å². The molecule has 0 aromatic rings.